The first-order valence-corrected chi connectivity index (χ1v) is 6.80. The van der Waals surface area contributed by atoms with Gasteiger partial charge < -0.3 is 5.73 Å². The number of hydrogen-bond donors (Lipinski definition) is 1. The summed E-state index contributed by atoms with van der Waals surface area (Å²) in [5.74, 6) is 0.0290. The highest BCUT2D eigenvalue weighted by molar-refractivity contribution is 7.91. The molecule has 0 radical (unpaired) electrons. The third-order valence-corrected chi connectivity index (χ3v) is 5.07. The summed E-state index contributed by atoms with van der Waals surface area (Å²) in [5.41, 5.74) is 6.28. The summed E-state index contributed by atoms with van der Waals surface area (Å²) in [7, 11) is -3.32. The van der Waals surface area contributed by atoms with Gasteiger partial charge in [-0.05, 0) is 18.6 Å². The summed E-state index contributed by atoms with van der Waals surface area (Å²) in [6, 6.07) is 2.71. The second-order valence-electron chi connectivity index (χ2n) is 3.49. The molecule has 1 atom stereocenters. The van der Waals surface area contributed by atoms with Crippen LogP contribution < -0.4 is 5.73 Å². The van der Waals surface area contributed by atoms with E-state index in [-0.39, 0.29) is 21.7 Å². The molecule has 2 N–H and O–H groups in total. The average molecular weight is 266 g/mol. The fraction of sp³-hybridized carbons (Fsp3) is 0.333. The van der Waals surface area contributed by atoms with Gasteiger partial charge in [0.1, 0.15) is 0 Å². The number of hydrogen-bond acceptors (Lipinski definition) is 3. The molecule has 1 heterocycles. The molecule has 0 bridgehead atoms. The van der Waals surface area contributed by atoms with Crippen molar-refractivity contribution in [2.75, 3.05) is 5.75 Å². The van der Waals surface area contributed by atoms with E-state index in [1.165, 1.54) is 6.07 Å². The minimum atomic E-state index is -3.32. The molecular formula is C9H9Cl2NO2S. The Balaban J connectivity index is 2.84. The Kier molecular flexibility index (Phi) is 2.71. The van der Waals surface area contributed by atoms with Crippen molar-refractivity contribution in [1.29, 1.82) is 0 Å². The molecule has 1 aromatic carbocycles. The summed E-state index contributed by atoms with van der Waals surface area (Å²) >= 11 is 11.8. The molecule has 0 spiro atoms. The molecule has 0 saturated carbocycles. The minimum absolute atomic E-state index is 0.0290. The molecule has 1 aliphatic heterocycles. The maximum absolute atomic E-state index is 11.8. The van der Waals surface area contributed by atoms with E-state index in [0.29, 0.717) is 17.0 Å². The summed E-state index contributed by atoms with van der Waals surface area (Å²) < 4.78 is 23.6. The molecule has 15 heavy (non-hydrogen) atoms. The van der Waals surface area contributed by atoms with Gasteiger partial charge in [-0.3, -0.25) is 0 Å². The van der Waals surface area contributed by atoms with Crippen molar-refractivity contribution < 1.29 is 8.42 Å². The first-order chi connectivity index (χ1) is 6.93. The van der Waals surface area contributed by atoms with Crippen LogP contribution in [0.25, 0.3) is 0 Å². The smallest absolute Gasteiger partial charge is 0.180 e. The third kappa shape index (κ3) is 1.76. The standard InChI is InChI=1S/C9H9Cl2NO2S/c10-5-1-2-6(11)9-8(5)7(12)3-4-15(9,13)14/h1-2,7H,3-4,12H2. The van der Waals surface area contributed by atoms with E-state index < -0.39 is 9.84 Å². The Morgan fingerprint density at radius 2 is 1.87 bits per heavy atom. The van der Waals surface area contributed by atoms with Crippen LogP contribution in [-0.2, 0) is 9.84 Å². The Morgan fingerprint density at radius 1 is 1.27 bits per heavy atom. The summed E-state index contributed by atoms with van der Waals surface area (Å²) in [5, 5.41) is 0.565. The van der Waals surface area contributed by atoms with Gasteiger partial charge in [-0.1, -0.05) is 23.2 Å². The van der Waals surface area contributed by atoms with Crippen LogP contribution in [0, 0.1) is 0 Å². The van der Waals surface area contributed by atoms with Crippen LogP contribution >= 0.6 is 23.2 Å². The molecule has 82 valence electrons. The Hall–Kier alpha value is -0.290. The second-order valence-corrected chi connectivity index (χ2v) is 6.35. The zero-order chi connectivity index (χ0) is 11.2. The second kappa shape index (κ2) is 3.63. The van der Waals surface area contributed by atoms with Crippen molar-refractivity contribution >= 4 is 33.0 Å². The fourth-order valence-corrected chi connectivity index (χ4v) is 4.34. The molecule has 0 fully saturated rings. The number of fused-ring (bicyclic) bond motifs is 1. The monoisotopic (exact) mass is 265 g/mol. The van der Waals surface area contributed by atoms with Crippen molar-refractivity contribution in [3.63, 3.8) is 0 Å². The largest absolute Gasteiger partial charge is 0.324 e. The lowest BCUT2D eigenvalue weighted by Gasteiger charge is -2.24. The van der Waals surface area contributed by atoms with Crippen molar-refractivity contribution in [2.45, 2.75) is 17.4 Å². The maximum atomic E-state index is 11.8. The van der Waals surface area contributed by atoms with Crippen molar-refractivity contribution in [1.82, 2.24) is 0 Å². The zero-order valence-electron chi connectivity index (χ0n) is 7.70. The third-order valence-electron chi connectivity index (χ3n) is 2.47. The molecule has 0 amide bonds. The molecular weight excluding hydrogens is 257 g/mol. The minimum Gasteiger partial charge on any atom is -0.324 e. The molecule has 0 aliphatic carbocycles. The van der Waals surface area contributed by atoms with Crippen LogP contribution in [0.3, 0.4) is 0 Å². The van der Waals surface area contributed by atoms with Gasteiger partial charge in [0.2, 0.25) is 0 Å². The predicted octanol–water partition coefficient (Wildman–Crippen LogP) is 2.17. The fourth-order valence-electron chi connectivity index (χ4n) is 1.74. The first kappa shape index (κ1) is 11.2. The van der Waals surface area contributed by atoms with Crippen LogP contribution in [-0.4, -0.2) is 14.2 Å². The van der Waals surface area contributed by atoms with Crippen LogP contribution in [0.4, 0.5) is 0 Å². The topological polar surface area (TPSA) is 60.2 Å². The molecule has 3 nitrogen and oxygen atoms in total. The van der Waals surface area contributed by atoms with E-state index in [1.807, 2.05) is 0 Å². The Morgan fingerprint density at radius 3 is 2.47 bits per heavy atom. The SMILES string of the molecule is NC1CCS(=O)(=O)c2c(Cl)ccc(Cl)c21. The highest BCUT2D eigenvalue weighted by Crippen LogP contribution is 2.39. The molecule has 1 aliphatic rings. The van der Waals surface area contributed by atoms with E-state index in [1.54, 1.807) is 6.07 Å². The van der Waals surface area contributed by atoms with Crippen molar-refractivity contribution in [2.24, 2.45) is 5.73 Å². The quantitative estimate of drug-likeness (QED) is 0.782. The average Bonchev–Trinajstić information content (AvgIpc) is 2.16. The van der Waals surface area contributed by atoms with Gasteiger partial charge in [0.05, 0.1) is 15.7 Å². The molecule has 0 saturated heterocycles. The molecule has 1 aromatic rings. The van der Waals surface area contributed by atoms with Gasteiger partial charge >= 0.3 is 0 Å². The van der Waals surface area contributed by atoms with E-state index >= 15 is 0 Å². The van der Waals surface area contributed by atoms with Crippen LogP contribution in [0.5, 0.6) is 0 Å². The van der Waals surface area contributed by atoms with Crippen LogP contribution in [0.2, 0.25) is 10.0 Å². The highest BCUT2D eigenvalue weighted by atomic mass is 35.5. The first-order valence-electron chi connectivity index (χ1n) is 4.40. The number of rotatable bonds is 0. The molecule has 1 unspecified atom stereocenters. The number of sulfone groups is 1. The van der Waals surface area contributed by atoms with E-state index in [2.05, 4.69) is 0 Å². The molecule has 0 aromatic heterocycles. The lowest BCUT2D eigenvalue weighted by molar-refractivity contribution is 0.569. The Bertz CT molecular complexity index is 513. The van der Waals surface area contributed by atoms with Gasteiger partial charge in [-0.2, -0.15) is 0 Å². The van der Waals surface area contributed by atoms with Crippen molar-refractivity contribution in [3.05, 3.63) is 27.7 Å². The normalized spacial score (nSPS) is 23.5. The summed E-state index contributed by atoms with van der Waals surface area (Å²) in [6.07, 6.45) is 0.384. The van der Waals surface area contributed by atoms with Crippen molar-refractivity contribution in [3.8, 4) is 0 Å². The number of nitrogens with two attached hydrogens (primary N) is 1. The summed E-state index contributed by atoms with van der Waals surface area (Å²) in [6.45, 7) is 0. The lowest BCUT2D eigenvalue weighted by atomic mass is 10.0. The Labute approximate surface area is 98.1 Å². The van der Waals surface area contributed by atoms with Gasteiger partial charge in [0, 0.05) is 16.6 Å². The van der Waals surface area contributed by atoms with Crippen LogP contribution in [0.15, 0.2) is 17.0 Å². The van der Waals surface area contributed by atoms with Gasteiger partial charge in [0.15, 0.2) is 9.84 Å². The number of benzene rings is 1. The number of halogens is 2. The maximum Gasteiger partial charge on any atom is 0.180 e. The van der Waals surface area contributed by atoms with E-state index in [4.69, 9.17) is 28.9 Å². The molecule has 2 rings (SSSR count). The van der Waals surface area contributed by atoms with Gasteiger partial charge in [-0.25, -0.2) is 8.42 Å². The zero-order valence-corrected chi connectivity index (χ0v) is 10.0. The summed E-state index contributed by atoms with van der Waals surface area (Å²) in [4.78, 5) is 0.107. The highest BCUT2D eigenvalue weighted by Gasteiger charge is 2.32. The van der Waals surface area contributed by atoms with Crippen LogP contribution in [0.1, 0.15) is 18.0 Å². The van der Waals surface area contributed by atoms with Gasteiger partial charge in [0.25, 0.3) is 0 Å². The predicted molar refractivity (Wildman–Crippen MR) is 60.1 cm³/mol. The molecule has 6 heteroatoms. The van der Waals surface area contributed by atoms with E-state index in [0.717, 1.165) is 0 Å². The van der Waals surface area contributed by atoms with E-state index in [9.17, 15) is 8.42 Å². The lowest BCUT2D eigenvalue weighted by Crippen LogP contribution is -2.25. The van der Waals surface area contributed by atoms with Gasteiger partial charge in [-0.15, -0.1) is 0 Å².